The maximum Gasteiger partial charge on any atom is 0.491 e. The Kier molecular flexibility index (Phi) is 6.25. The van der Waals surface area contributed by atoms with Crippen molar-refractivity contribution in [1.82, 2.24) is 0 Å². The lowest BCUT2D eigenvalue weighted by Gasteiger charge is -2.31. The molecule has 0 radical (unpaired) electrons. The van der Waals surface area contributed by atoms with Crippen molar-refractivity contribution in [3.05, 3.63) is 39.2 Å². The van der Waals surface area contributed by atoms with E-state index in [9.17, 15) is 69.5 Å². The molecule has 0 N–H and O–H groups in total. The minimum atomic E-state index is -7.65. The van der Waals surface area contributed by atoms with Crippen LogP contribution >= 0.6 is 0 Å². The maximum atomic E-state index is 14.0. The molecule has 0 saturated heterocycles. The van der Waals surface area contributed by atoms with E-state index in [2.05, 4.69) is 0 Å². The van der Waals surface area contributed by atoms with Crippen molar-refractivity contribution in [1.29, 1.82) is 0 Å². The second-order valence-corrected chi connectivity index (χ2v) is 10.1. The Hall–Kier alpha value is -1.85. The fourth-order valence-electron chi connectivity index (χ4n) is 2.67. The summed E-state index contributed by atoms with van der Waals surface area (Å²) in [5.74, 6) is -16.2. The molecule has 1 fully saturated rings. The van der Waals surface area contributed by atoms with Gasteiger partial charge in [0.2, 0.25) is 9.84 Å². The first kappa shape index (κ1) is 25.4. The zero-order chi connectivity index (χ0) is 24.4. The van der Waals surface area contributed by atoms with Gasteiger partial charge in [0.1, 0.15) is 16.9 Å². The van der Waals surface area contributed by atoms with Gasteiger partial charge in [0.05, 0.1) is 16.2 Å². The maximum absolute atomic E-state index is 14.0. The zero-order valence-electron chi connectivity index (χ0n) is 13.9. The van der Waals surface area contributed by atoms with Crippen LogP contribution in [0.5, 0.6) is 0 Å². The molecule has 1 saturated carbocycles. The molecule has 178 valence electrons. The SMILES string of the molecule is O=S(=O)([C-](c1c(F)c(F)c(F)c(F)c1F)S(=O)(=O)C(F)(F)F)C1C(F)C(F)C(F)C1F. The average molecular weight is 517 g/mol. The van der Waals surface area contributed by atoms with Gasteiger partial charge in [-0.2, -0.15) is 13.2 Å². The molecule has 4 atom stereocenters. The van der Waals surface area contributed by atoms with Crippen molar-refractivity contribution in [3.8, 4) is 0 Å². The van der Waals surface area contributed by atoms with Crippen LogP contribution in [-0.4, -0.2) is 52.3 Å². The van der Waals surface area contributed by atoms with Crippen LogP contribution in [0.25, 0.3) is 0 Å². The Morgan fingerprint density at radius 2 is 0.935 bits per heavy atom. The molecule has 0 spiro atoms. The van der Waals surface area contributed by atoms with E-state index in [4.69, 9.17) is 0 Å². The summed E-state index contributed by atoms with van der Waals surface area (Å²) in [6, 6.07) is 0. The first-order valence-electron chi connectivity index (χ1n) is 7.32. The highest BCUT2D eigenvalue weighted by atomic mass is 32.3. The van der Waals surface area contributed by atoms with Crippen molar-refractivity contribution in [2.75, 3.05) is 0 Å². The minimum absolute atomic E-state index is 3.06. The van der Waals surface area contributed by atoms with Crippen LogP contribution in [0.4, 0.5) is 52.7 Å². The molecule has 0 aromatic heterocycles. The van der Waals surface area contributed by atoms with Crippen LogP contribution in [0.1, 0.15) is 5.56 Å². The Labute approximate surface area is 164 Å². The van der Waals surface area contributed by atoms with Crippen molar-refractivity contribution >= 4 is 19.7 Å². The van der Waals surface area contributed by atoms with Gasteiger partial charge in [-0.3, -0.25) is 8.78 Å². The predicted molar refractivity (Wildman–Crippen MR) is 75.8 cm³/mol. The summed E-state index contributed by atoms with van der Waals surface area (Å²) in [6.07, 6.45) is -15.2. The molecule has 31 heavy (non-hydrogen) atoms. The van der Waals surface area contributed by atoms with Gasteiger partial charge in [-0.1, -0.05) is 5.56 Å². The molecule has 1 aliphatic carbocycles. The number of alkyl halides is 7. The largest absolute Gasteiger partial charge is 0.491 e. The molecule has 4 nitrogen and oxygen atoms in total. The predicted octanol–water partition coefficient (Wildman–Crippen LogP) is 3.30. The lowest BCUT2D eigenvalue weighted by atomic mass is 10.2. The Balaban J connectivity index is 2.99. The van der Waals surface area contributed by atoms with Crippen LogP contribution in [0.3, 0.4) is 0 Å². The monoisotopic (exact) mass is 517 g/mol. The molecule has 4 unspecified atom stereocenters. The third-order valence-corrected chi connectivity index (χ3v) is 8.73. The lowest BCUT2D eigenvalue weighted by molar-refractivity contribution is -0.0429. The number of hydrogen-bond donors (Lipinski definition) is 0. The van der Waals surface area contributed by atoms with Crippen molar-refractivity contribution in [2.45, 2.75) is 35.4 Å². The second kappa shape index (κ2) is 7.63. The highest BCUT2D eigenvalue weighted by Gasteiger charge is 2.63. The molecule has 0 aliphatic heterocycles. The molecule has 18 heteroatoms. The average Bonchev–Trinajstić information content (AvgIpc) is 2.83. The summed E-state index contributed by atoms with van der Waals surface area (Å²) in [6.45, 7) is 0. The molecule has 0 bridgehead atoms. The third kappa shape index (κ3) is 3.60. The summed E-state index contributed by atoms with van der Waals surface area (Å²) >= 11 is 0. The van der Waals surface area contributed by atoms with E-state index in [1.54, 1.807) is 0 Å². The fourth-order valence-corrected chi connectivity index (χ4v) is 6.87. The lowest BCUT2D eigenvalue weighted by Crippen LogP contribution is -2.45. The molecular formula is C13H5F12O4S2-. The van der Waals surface area contributed by atoms with Crippen LogP contribution in [0.2, 0.25) is 0 Å². The van der Waals surface area contributed by atoms with Gasteiger partial charge in [-0.05, 0) is 0 Å². The van der Waals surface area contributed by atoms with E-state index in [-0.39, 0.29) is 0 Å². The molecule has 1 aliphatic rings. The van der Waals surface area contributed by atoms with E-state index in [0.29, 0.717) is 0 Å². The van der Waals surface area contributed by atoms with Crippen molar-refractivity contribution in [2.24, 2.45) is 0 Å². The van der Waals surface area contributed by atoms with Gasteiger partial charge in [-0.15, -0.1) is 0 Å². The van der Waals surface area contributed by atoms with Crippen molar-refractivity contribution < 1.29 is 69.5 Å². The number of halogens is 12. The summed E-state index contributed by atoms with van der Waals surface area (Å²) in [5, 5.41) is -3.97. The first-order valence-corrected chi connectivity index (χ1v) is 10.3. The van der Waals surface area contributed by atoms with Gasteiger partial charge in [0.15, 0.2) is 40.3 Å². The Bertz CT molecular complexity index is 1060. The minimum Gasteiger partial charge on any atom is -0.280 e. The fraction of sp³-hybridized carbons (Fsp3) is 0.462. The van der Waals surface area contributed by atoms with Gasteiger partial charge < -0.3 is 0 Å². The van der Waals surface area contributed by atoms with Crippen LogP contribution in [0.15, 0.2) is 0 Å². The molecule has 2 rings (SSSR count). The molecule has 0 heterocycles. The highest BCUT2D eigenvalue weighted by Crippen LogP contribution is 2.47. The quantitative estimate of drug-likeness (QED) is 0.266. The number of rotatable bonds is 4. The summed E-state index contributed by atoms with van der Waals surface area (Å²) in [5.41, 5.74) is -10.1. The van der Waals surface area contributed by atoms with Gasteiger partial charge in [-0.25, -0.2) is 47.6 Å². The van der Waals surface area contributed by atoms with Gasteiger partial charge in [0, 0.05) is 0 Å². The molecule has 0 amide bonds. The Morgan fingerprint density at radius 1 is 0.613 bits per heavy atom. The molecular weight excluding hydrogens is 512 g/mol. The number of benzene rings is 1. The number of sulfone groups is 2. The summed E-state index contributed by atoms with van der Waals surface area (Å²) < 4.78 is 205. The number of hydrogen-bond acceptors (Lipinski definition) is 4. The second-order valence-electron chi connectivity index (χ2n) is 5.97. The van der Waals surface area contributed by atoms with E-state index >= 15 is 0 Å². The van der Waals surface area contributed by atoms with Crippen LogP contribution in [0, 0.1) is 33.7 Å². The Morgan fingerprint density at radius 3 is 1.26 bits per heavy atom. The van der Waals surface area contributed by atoms with Crippen LogP contribution in [-0.2, 0) is 19.7 Å². The standard InChI is InChI=1S/C13H5F12O4S2/c14-2-1(3(15)5(17)6(18)4(2)16)12(31(28,29)13(23,24)25)30(26,27)11-9(21)7(19)8(20)10(11)22/h7-11H/q-1. The van der Waals surface area contributed by atoms with Crippen LogP contribution < -0.4 is 0 Å². The first-order chi connectivity index (χ1) is 13.8. The van der Waals surface area contributed by atoms with E-state index in [1.807, 2.05) is 0 Å². The topological polar surface area (TPSA) is 68.3 Å². The highest BCUT2D eigenvalue weighted by molar-refractivity contribution is 8.13. The summed E-state index contributed by atoms with van der Waals surface area (Å²) in [4.78, 5) is 0. The molecule has 1 aromatic carbocycles. The smallest absolute Gasteiger partial charge is 0.280 e. The zero-order valence-corrected chi connectivity index (χ0v) is 15.5. The van der Waals surface area contributed by atoms with Crippen molar-refractivity contribution in [3.63, 3.8) is 0 Å². The third-order valence-electron chi connectivity index (χ3n) is 4.12. The van der Waals surface area contributed by atoms with E-state index < -0.39 is 94.4 Å². The normalized spacial score (nSPS) is 27.5. The molecule has 1 aromatic rings. The summed E-state index contributed by atoms with van der Waals surface area (Å²) in [7, 11) is -14.7. The van der Waals surface area contributed by atoms with Gasteiger partial charge >= 0.3 is 5.51 Å². The van der Waals surface area contributed by atoms with E-state index in [1.165, 1.54) is 0 Å². The van der Waals surface area contributed by atoms with Gasteiger partial charge in [0.25, 0.3) is 0 Å². The van der Waals surface area contributed by atoms with E-state index in [0.717, 1.165) is 0 Å².